The number of ether oxygens (including phenoxy) is 9. The van der Waals surface area contributed by atoms with Crippen LogP contribution < -0.4 is 11.5 Å². The average Bonchev–Trinajstić information content (AvgIpc) is 3.26. The molecule has 0 aromatic rings. The minimum Gasteiger partial charge on any atom is -0.394 e. The van der Waals surface area contributed by atoms with Gasteiger partial charge in [0.05, 0.1) is 45.7 Å². The van der Waals surface area contributed by atoms with E-state index in [1.165, 1.54) is 0 Å². The second-order valence-corrected chi connectivity index (χ2v) is 16.7. The summed E-state index contributed by atoms with van der Waals surface area (Å²) in [5.74, 6) is 0. The summed E-state index contributed by atoms with van der Waals surface area (Å²) in [6.45, 7) is -5.25. The van der Waals surface area contributed by atoms with E-state index < -0.39 is 201 Å². The summed E-state index contributed by atoms with van der Waals surface area (Å²) in [6.07, 6.45) is -45.9. The molecule has 1 unspecified atom stereocenters. The Morgan fingerprint density at radius 3 is 1.44 bits per heavy atom. The summed E-state index contributed by atoms with van der Waals surface area (Å²) in [5, 5.41) is 158. The maximum atomic E-state index is 12.4. The van der Waals surface area contributed by atoms with Crippen molar-refractivity contribution in [3.05, 3.63) is 0 Å². The molecule has 5 saturated heterocycles. The van der Waals surface area contributed by atoms with Gasteiger partial charge in [-0.1, -0.05) is 0 Å². The zero-order valence-corrected chi connectivity index (χ0v) is 33.9. The minimum atomic E-state index is -4.86. The standard InChI is InChI=1S/C32H59N2O28P/c33-1-2-53-63(50,51)54-7-12-17(41)22(46)27(61-29-23(47)19(43)14(38)8(3-35)56-29)32(59-12)62-26-21(45)15(39)9(4-36)57-31(26)52-6-11-16(40)20(44)24(48)30(58-11)60-25-10(5-37)55-28(49)13(34)18(25)42/h8-32,35-49H,1-7,33-34H2,(H,50,51)/t8-,9-,10-,11-,12-,13-,14-,15-,16-,17-,18-,19+,20+,21+,22+,23+,24+,25-,26+,27+,28+,29-,30-,31+,32-/m1/s1. The maximum absolute atomic E-state index is 12.4. The molecule has 0 aromatic heterocycles. The molecule has 0 aromatic carbocycles. The first kappa shape index (κ1) is 53.0. The number of phosphoric ester groups is 1. The van der Waals surface area contributed by atoms with Crippen molar-refractivity contribution in [2.45, 2.75) is 153 Å². The highest BCUT2D eigenvalue weighted by atomic mass is 31.2. The number of aliphatic hydroxyl groups excluding tert-OH is 15. The molecule has 0 radical (unpaired) electrons. The molecule has 30 nitrogen and oxygen atoms in total. The molecule has 0 spiro atoms. The van der Waals surface area contributed by atoms with Crippen molar-refractivity contribution in [3.8, 4) is 0 Å². The lowest BCUT2D eigenvalue weighted by atomic mass is 9.96. The van der Waals surface area contributed by atoms with Crippen LogP contribution in [0.5, 0.6) is 0 Å². The highest BCUT2D eigenvalue weighted by Crippen LogP contribution is 2.44. The molecular formula is C32H59N2O28P. The van der Waals surface area contributed by atoms with Gasteiger partial charge in [0.25, 0.3) is 0 Å². The summed E-state index contributed by atoms with van der Waals surface area (Å²) in [7, 11) is -4.86. The summed E-state index contributed by atoms with van der Waals surface area (Å²) in [5.41, 5.74) is 11.0. The van der Waals surface area contributed by atoms with E-state index in [0.717, 1.165) is 0 Å². The van der Waals surface area contributed by atoms with Crippen LogP contribution in [0.2, 0.25) is 0 Å². The molecule has 370 valence electrons. The number of hydrogen-bond acceptors (Lipinski definition) is 29. The van der Waals surface area contributed by atoms with E-state index in [0.29, 0.717) is 0 Å². The van der Waals surface area contributed by atoms with Gasteiger partial charge in [-0.3, -0.25) is 9.05 Å². The SMILES string of the molecule is NCCOP(=O)(O)OC[C@H]1O[C@H](O[C@@H]2[C@@H](OC[C@H]3O[C@H](O[C@H]4[C@H](O)[C@@H](N)[C@@H](O)O[C@@H]4CO)[C@@H](O)[C@@H](O)[C@@H]3O)O[C@H](CO)[C@@H](O)[C@@H]2O)[C@@H](O[C@H]2O[C@H](CO)[C@@H](O)[C@H](O)[C@@H]2O)[C@@H](O)[C@@H]1O. The van der Waals surface area contributed by atoms with Gasteiger partial charge < -0.3 is 136 Å². The molecule has 5 aliphatic rings. The van der Waals surface area contributed by atoms with Crippen molar-refractivity contribution in [3.63, 3.8) is 0 Å². The summed E-state index contributed by atoms with van der Waals surface area (Å²) in [6, 6.07) is -1.47. The van der Waals surface area contributed by atoms with Gasteiger partial charge in [-0.2, -0.15) is 0 Å². The molecule has 0 bridgehead atoms. The molecular weight excluding hydrogens is 891 g/mol. The molecule has 31 heteroatoms. The van der Waals surface area contributed by atoms with Crippen LogP contribution in [-0.2, 0) is 56.2 Å². The van der Waals surface area contributed by atoms with Crippen LogP contribution in [0.3, 0.4) is 0 Å². The van der Waals surface area contributed by atoms with Gasteiger partial charge in [0.1, 0.15) is 116 Å². The molecule has 0 amide bonds. The molecule has 0 aliphatic carbocycles. The van der Waals surface area contributed by atoms with E-state index in [9.17, 15) is 86.1 Å². The second-order valence-electron chi connectivity index (χ2n) is 15.3. The fourth-order valence-electron chi connectivity index (χ4n) is 7.28. The Balaban J connectivity index is 1.39. The Kier molecular flexibility index (Phi) is 19.3. The van der Waals surface area contributed by atoms with Crippen molar-refractivity contribution < 1.29 is 138 Å². The normalized spacial score (nSPS) is 49.7. The molecule has 63 heavy (non-hydrogen) atoms. The predicted octanol–water partition coefficient (Wildman–Crippen LogP) is -11.9. The molecule has 5 fully saturated rings. The lowest BCUT2D eigenvalue weighted by Gasteiger charge is -2.49. The predicted molar refractivity (Wildman–Crippen MR) is 192 cm³/mol. The van der Waals surface area contributed by atoms with Gasteiger partial charge in [-0.05, 0) is 0 Å². The Morgan fingerprint density at radius 1 is 0.460 bits per heavy atom. The topological polar surface area (TPSA) is 494 Å². The van der Waals surface area contributed by atoms with Crippen LogP contribution in [0, 0.1) is 0 Å². The quantitative estimate of drug-likeness (QED) is 0.0567. The van der Waals surface area contributed by atoms with Crippen LogP contribution >= 0.6 is 7.82 Å². The Morgan fingerprint density at radius 2 is 0.889 bits per heavy atom. The van der Waals surface area contributed by atoms with E-state index in [1.54, 1.807) is 0 Å². The zero-order chi connectivity index (χ0) is 46.7. The van der Waals surface area contributed by atoms with Crippen molar-refractivity contribution in [1.29, 1.82) is 0 Å². The largest absolute Gasteiger partial charge is 0.472 e. The van der Waals surface area contributed by atoms with Crippen LogP contribution in [0.1, 0.15) is 0 Å². The van der Waals surface area contributed by atoms with Crippen LogP contribution in [0.25, 0.3) is 0 Å². The van der Waals surface area contributed by atoms with Gasteiger partial charge in [0.15, 0.2) is 31.5 Å². The van der Waals surface area contributed by atoms with E-state index in [-0.39, 0.29) is 6.54 Å². The Labute approximate surface area is 356 Å². The van der Waals surface area contributed by atoms with E-state index in [2.05, 4.69) is 4.52 Å². The van der Waals surface area contributed by atoms with Gasteiger partial charge in [0.2, 0.25) is 0 Å². The number of rotatable bonds is 18. The zero-order valence-electron chi connectivity index (χ0n) is 33.0. The maximum Gasteiger partial charge on any atom is 0.472 e. The Bertz CT molecular complexity index is 1450. The molecule has 5 rings (SSSR count). The summed E-state index contributed by atoms with van der Waals surface area (Å²) in [4.78, 5) is 10.0. The number of aliphatic hydroxyl groups is 15. The number of hydrogen-bond donors (Lipinski definition) is 18. The van der Waals surface area contributed by atoms with Crippen molar-refractivity contribution in [1.82, 2.24) is 0 Å². The van der Waals surface area contributed by atoms with Gasteiger partial charge in [-0.15, -0.1) is 0 Å². The van der Waals surface area contributed by atoms with Gasteiger partial charge >= 0.3 is 7.82 Å². The monoisotopic (exact) mass is 950 g/mol. The van der Waals surface area contributed by atoms with Crippen LogP contribution in [0.15, 0.2) is 0 Å². The van der Waals surface area contributed by atoms with Gasteiger partial charge in [0, 0.05) is 6.54 Å². The third-order valence-corrected chi connectivity index (χ3v) is 12.0. The molecule has 26 atom stereocenters. The fourth-order valence-corrected chi connectivity index (χ4v) is 8.02. The summed E-state index contributed by atoms with van der Waals surface area (Å²) >= 11 is 0. The highest BCUT2D eigenvalue weighted by molar-refractivity contribution is 7.47. The average molecular weight is 951 g/mol. The molecule has 5 heterocycles. The Hall–Kier alpha value is -0.930. The second kappa shape index (κ2) is 22.9. The lowest BCUT2D eigenvalue weighted by molar-refractivity contribution is -0.396. The lowest BCUT2D eigenvalue weighted by Crippen LogP contribution is -2.67. The van der Waals surface area contributed by atoms with E-state index >= 15 is 0 Å². The fraction of sp³-hybridized carbons (Fsp3) is 1.00. The summed E-state index contributed by atoms with van der Waals surface area (Å²) < 4.78 is 72.4. The van der Waals surface area contributed by atoms with Gasteiger partial charge in [-0.25, -0.2) is 4.57 Å². The third-order valence-electron chi connectivity index (χ3n) is 11.0. The number of phosphoric acid groups is 1. The number of nitrogens with two attached hydrogens (primary N) is 2. The molecule has 0 saturated carbocycles. The first-order valence-corrected chi connectivity index (χ1v) is 21.1. The van der Waals surface area contributed by atoms with Crippen molar-refractivity contribution in [2.75, 3.05) is 46.2 Å². The van der Waals surface area contributed by atoms with E-state index in [1.807, 2.05) is 0 Å². The van der Waals surface area contributed by atoms with Crippen LogP contribution in [-0.4, -0.2) is 281 Å². The highest BCUT2D eigenvalue weighted by Gasteiger charge is 2.56. The van der Waals surface area contributed by atoms with Crippen LogP contribution in [0.4, 0.5) is 0 Å². The third kappa shape index (κ3) is 12.0. The first-order chi connectivity index (χ1) is 29.7. The van der Waals surface area contributed by atoms with Crippen molar-refractivity contribution >= 4 is 7.82 Å². The molecule has 5 aliphatic heterocycles. The minimum absolute atomic E-state index is 0.200. The van der Waals surface area contributed by atoms with Crippen molar-refractivity contribution in [2.24, 2.45) is 11.5 Å². The smallest absolute Gasteiger partial charge is 0.394 e. The van der Waals surface area contributed by atoms with E-state index in [4.69, 9.17) is 58.6 Å². The molecule has 20 N–H and O–H groups in total. The first-order valence-electron chi connectivity index (χ1n) is 19.6.